The minimum atomic E-state index is -1.55. The molecule has 1 aromatic carbocycles. The van der Waals surface area contributed by atoms with Crippen molar-refractivity contribution in [2.45, 2.75) is 6.92 Å². The monoisotopic (exact) mass is 301 g/mol. The van der Waals surface area contributed by atoms with E-state index >= 15 is 0 Å². The number of rotatable bonds is 4. The molecule has 2 aromatic rings. The third-order valence-corrected chi connectivity index (χ3v) is 2.54. The maximum atomic E-state index is 13.5. The molecule has 8 heteroatoms. The summed E-state index contributed by atoms with van der Waals surface area (Å²) in [5, 5.41) is 2.17. The second-order valence-corrected chi connectivity index (χ2v) is 3.99. The Kier molecular flexibility index (Phi) is 4.15. The highest BCUT2D eigenvalue weighted by Crippen LogP contribution is 2.28. The number of hydrogen-bond donors (Lipinski definition) is 2. The van der Waals surface area contributed by atoms with Crippen LogP contribution in [0.3, 0.4) is 0 Å². The van der Waals surface area contributed by atoms with E-state index in [-0.39, 0.29) is 30.1 Å². The minimum absolute atomic E-state index is 0.0418. The molecule has 0 bridgehead atoms. The van der Waals surface area contributed by atoms with Gasteiger partial charge in [0.05, 0.1) is 12.3 Å². The Labute approximate surface area is 117 Å². The van der Waals surface area contributed by atoms with E-state index in [1.165, 1.54) is 12.1 Å². The van der Waals surface area contributed by atoms with Crippen LogP contribution in [0.5, 0.6) is 5.88 Å². The van der Waals surface area contributed by atoms with Gasteiger partial charge in [-0.05, 0) is 19.1 Å². The number of pyridine rings is 1. The molecule has 0 aliphatic heterocycles. The minimum Gasteiger partial charge on any atom is -0.476 e. The molecule has 0 aliphatic rings. The maximum Gasteiger partial charge on any atom is 0.239 e. The van der Waals surface area contributed by atoms with Crippen molar-refractivity contribution < 1.29 is 22.3 Å². The van der Waals surface area contributed by atoms with E-state index in [0.717, 1.165) is 0 Å². The second-order valence-electron chi connectivity index (χ2n) is 3.99. The fraction of sp³-hybridized carbons (Fsp3) is 0.154. The number of aromatic nitrogens is 1. The van der Waals surface area contributed by atoms with Crippen LogP contribution in [-0.4, -0.2) is 11.6 Å². The summed E-state index contributed by atoms with van der Waals surface area (Å²) < 4.78 is 58.4. The molecule has 0 radical (unpaired) electrons. The number of nitrogens with zero attached hydrogens (tertiary/aromatic N) is 1. The Morgan fingerprint density at radius 1 is 1.14 bits per heavy atom. The molecule has 1 aromatic heterocycles. The number of nitrogen functional groups attached to an aromatic ring is 1. The lowest BCUT2D eigenvalue weighted by Gasteiger charge is -2.11. The average Bonchev–Trinajstić information content (AvgIpc) is 2.45. The number of nitrogens with two attached hydrogens (primary N) is 1. The second kappa shape index (κ2) is 5.86. The third kappa shape index (κ3) is 2.99. The molecular formula is C13H11F4N3O. The number of nitrogens with one attached hydrogen (secondary N) is 1. The van der Waals surface area contributed by atoms with Gasteiger partial charge in [0.2, 0.25) is 5.88 Å². The van der Waals surface area contributed by atoms with Gasteiger partial charge in [0, 0.05) is 6.07 Å². The van der Waals surface area contributed by atoms with Crippen molar-refractivity contribution in [3.8, 4) is 5.88 Å². The normalized spacial score (nSPS) is 10.5. The molecule has 0 aliphatic carbocycles. The number of anilines is 3. The summed E-state index contributed by atoms with van der Waals surface area (Å²) in [6.07, 6.45) is 0. The van der Waals surface area contributed by atoms with Crippen molar-refractivity contribution in [1.29, 1.82) is 0 Å². The van der Waals surface area contributed by atoms with Gasteiger partial charge < -0.3 is 15.8 Å². The van der Waals surface area contributed by atoms with Gasteiger partial charge in [-0.1, -0.05) is 0 Å². The quantitative estimate of drug-likeness (QED) is 0.671. The Balaban J connectivity index is 2.41. The summed E-state index contributed by atoms with van der Waals surface area (Å²) >= 11 is 0. The van der Waals surface area contributed by atoms with Crippen molar-refractivity contribution in [1.82, 2.24) is 4.98 Å². The first-order chi connectivity index (χ1) is 9.93. The average molecular weight is 301 g/mol. The molecule has 4 nitrogen and oxygen atoms in total. The molecule has 0 spiro atoms. The molecule has 0 atom stereocenters. The zero-order valence-electron chi connectivity index (χ0n) is 10.9. The number of halogens is 4. The van der Waals surface area contributed by atoms with Crippen LogP contribution < -0.4 is 15.8 Å². The summed E-state index contributed by atoms with van der Waals surface area (Å²) in [4.78, 5) is 3.86. The highest BCUT2D eigenvalue weighted by Gasteiger charge is 2.19. The van der Waals surface area contributed by atoms with Crippen LogP contribution in [0.1, 0.15) is 6.92 Å². The van der Waals surface area contributed by atoms with E-state index in [1.807, 2.05) is 0 Å². The van der Waals surface area contributed by atoms with Gasteiger partial charge in [0.25, 0.3) is 0 Å². The Hall–Kier alpha value is -2.51. The first kappa shape index (κ1) is 14.9. The summed E-state index contributed by atoms with van der Waals surface area (Å²) in [7, 11) is 0. The summed E-state index contributed by atoms with van der Waals surface area (Å²) in [5.74, 6) is -6.17. The smallest absolute Gasteiger partial charge is 0.239 e. The third-order valence-electron chi connectivity index (χ3n) is 2.54. The Bertz CT molecular complexity index is 653. The van der Waals surface area contributed by atoms with Crippen LogP contribution in [0.15, 0.2) is 18.2 Å². The summed E-state index contributed by atoms with van der Waals surface area (Å²) in [5.41, 5.74) is 4.83. The number of hydrogen-bond acceptors (Lipinski definition) is 4. The molecule has 2 rings (SSSR count). The highest BCUT2D eigenvalue weighted by atomic mass is 19.2. The van der Waals surface area contributed by atoms with E-state index in [2.05, 4.69) is 10.3 Å². The Morgan fingerprint density at radius 2 is 1.76 bits per heavy atom. The molecule has 1 heterocycles. The van der Waals surface area contributed by atoms with Crippen LogP contribution in [0, 0.1) is 23.3 Å². The fourth-order valence-electron chi connectivity index (χ4n) is 1.58. The van der Waals surface area contributed by atoms with E-state index in [9.17, 15) is 17.6 Å². The molecule has 21 heavy (non-hydrogen) atoms. The standard InChI is InChI=1S/C13H11F4N3O/c1-2-21-13-8(18)3-4-9(20-13)19-12-10(16)6(14)5-7(15)11(12)17/h3-5H,2,18H2,1H3,(H,19,20). The van der Waals surface area contributed by atoms with Gasteiger partial charge in [-0.2, -0.15) is 4.98 Å². The molecule has 0 amide bonds. The number of benzene rings is 1. The lowest BCUT2D eigenvalue weighted by Crippen LogP contribution is -2.06. The lowest BCUT2D eigenvalue weighted by atomic mass is 10.2. The predicted molar refractivity (Wildman–Crippen MR) is 69.4 cm³/mol. The van der Waals surface area contributed by atoms with E-state index < -0.39 is 29.0 Å². The van der Waals surface area contributed by atoms with Crippen molar-refractivity contribution in [2.75, 3.05) is 17.7 Å². The van der Waals surface area contributed by atoms with Crippen molar-refractivity contribution in [3.63, 3.8) is 0 Å². The largest absolute Gasteiger partial charge is 0.476 e. The molecule has 3 N–H and O–H groups in total. The van der Waals surface area contributed by atoms with Crippen LogP contribution in [-0.2, 0) is 0 Å². The SMILES string of the molecule is CCOc1nc(Nc2c(F)c(F)cc(F)c2F)ccc1N. The van der Waals surface area contributed by atoms with Gasteiger partial charge in [0.15, 0.2) is 23.3 Å². The maximum absolute atomic E-state index is 13.5. The molecular weight excluding hydrogens is 290 g/mol. The van der Waals surface area contributed by atoms with Crippen LogP contribution in [0.25, 0.3) is 0 Å². The summed E-state index contributed by atoms with van der Waals surface area (Å²) in [6, 6.07) is 2.79. The van der Waals surface area contributed by atoms with Crippen LogP contribution in [0.2, 0.25) is 0 Å². The van der Waals surface area contributed by atoms with Crippen molar-refractivity contribution >= 4 is 17.2 Å². The highest BCUT2D eigenvalue weighted by molar-refractivity contribution is 5.61. The molecule has 0 saturated heterocycles. The van der Waals surface area contributed by atoms with E-state index in [4.69, 9.17) is 10.5 Å². The van der Waals surface area contributed by atoms with Crippen molar-refractivity contribution in [3.05, 3.63) is 41.5 Å². The first-order valence-electron chi connectivity index (χ1n) is 5.93. The number of ether oxygens (including phenoxy) is 1. The van der Waals surface area contributed by atoms with E-state index in [1.54, 1.807) is 6.92 Å². The zero-order chi connectivity index (χ0) is 15.6. The fourth-order valence-corrected chi connectivity index (χ4v) is 1.58. The first-order valence-corrected chi connectivity index (χ1v) is 5.93. The van der Waals surface area contributed by atoms with Gasteiger partial charge in [-0.3, -0.25) is 0 Å². The van der Waals surface area contributed by atoms with Gasteiger partial charge in [0.1, 0.15) is 11.5 Å². The Morgan fingerprint density at radius 3 is 2.33 bits per heavy atom. The molecule has 112 valence electrons. The van der Waals surface area contributed by atoms with Crippen LogP contribution >= 0.6 is 0 Å². The van der Waals surface area contributed by atoms with Gasteiger partial charge in [-0.25, -0.2) is 17.6 Å². The van der Waals surface area contributed by atoms with Gasteiger partial charge >= 0.3 is 0 Å². The topological polar surface area (TPSA) is 60.2 Å². The van der Waals surface area contributed by atoms with Crippen molar-refractivity contribution in [2.24, 2.45) is 0 Å². The zero-order valence-corrected chi connectivity index (χ0v) is 10.9. The molecule has 0 fully saturated rings. The molecule has 0 saturated carbocycles. The summed E-state index contributed by atoms with van der Waals surface area (Å²) in [6.45, 7) is 1.97. The van der Waals surface area contributed by atoms with E-state index in [0.29, 0.717) is 0 Å². The predicted octanol–water partition coefficient (Wildman–Crippen LogP) is 3.36. The molecule has 0 unspecified atom stereocenters. The van der Waals surface area contributed by atoms with Crippen LogP contribution in [0.4, 0.5) is 34.8 Å². The lowest BCUT2D eigenvalue weighted by molar-refractivity contribution is 0.329. The van der Waals surface area contributed by atoms with Gasteiger partial charge in [-0.15, -0.1) is 0 Å².